The van der Waals surface area contributed by atoms with Crippen molar-refractivity contribution in [3.8, 4) is 22.3 Å². The SMILES string of the molecule is CC(C)(C)c1ccc(-c2ccc3c(c2)-c2ccccc2C3(C)C)cc1. The summed E-state index contributed by atoms with van der Waals surface area (Å²) in [5, 5.41) is 0. The molecule has 3 aromatic carbocycles. The molecule has 0 aliphatic heterocycles. The van der Waals surface area contributed by atoms with Gasteiger partial charge in [-0.15, -0.1) is 0 Å². The number of rotatable bonds is 1. The van der Waals surface area contributed by atoms with E-state index < -0.39 is 0 Å². The molecular formula is C25H26. The van der Waals surface area contributed by atoms with Crippen LogP contribution in [0, 0.1) is 0 Å². The minimum Gasteiger partial charge on any atom is -0.0619 e. The van der Waals surface area contributed by atoms with Gasteiger partial charge in [0.05, 0.1) is 0 Å². The first-order valence-electron chi connectivity index (χ1n) is 9.14. The van der Waals surface area contributed by atoms with Gasteiger partial charge in [-0.25, -0.2) is 0 Å². The summed E-state index contributed by atoms with van der Waals surface area (Å²) in [6.45, 7) is 11.4. The summed E-state index contributed by atoms with van der Waals surface area (Å²) in [5.74, 6) is 0. The summed E-state index contributed by atoms with van der Waals surface area (Å²) in [6.07, 6.45) is 0. The minimum absolute atomic E-state index is 0.0839. The van der Waals surface area contributed by atoms with Gasteiger partial charge in [0.2, 0.25) is 0 Å². The lowest BCUT2D eigenvalue weighted by atomic mass is 9.82. The van der Waals surface area contributed by atoms with Crippen LogP contribution < -0.4 is 0 Å². The Hall–Kier alpha value is -2.34. The van der Waals surface area contributed by atoms with Gasteiger partial charge in [-0.3, -0.25) is 0 Å². The van der Waals surface area contributed by atoms with E-state index in [0.29, 0.717) is 0 Å². The molecule has 4 rings (SSSR count). The van der Waals surface area contributed by atoms with Gasteiger partial charge < -0.3 is 0 Å². The molecule has 126 valence electrons. The fraction of sp³-hybridized carbons (Fsp3) is 0.280. The Morgan fingerprint density at radius 1 is 0.640 bits per heavy atom. The van der Waals surface area contributed by atoms with Gasteiger partial charge in [0.25, 0.3) is 0 Å². The number of fused-ring (bicyclic) bond motifs is 3. The highest BCUT2D eigenvalue weighted by molar-refractivity contribution is 5.84. The summed E-state index contributed by atoms with van der Waals surface area (Å²) >= 11 is 0. The van der Waals surface area contributed by atoms with Crippen molar-refractivity contribution in [3.63, 3.8) is 0 Å². The fourth-order valence-electron chi connectivity index (χ4n) is 4.06. The molecule has 3 aromatic rings. The van der Waals surface area contributed by atoms with E-state index in [2.05, 4.69) is 101 Å². The van der Waals surface area contributed by atoms with Crippen LogP contribution in [0.5, 0.6) is 0 Å². The molecule has 0 saturated carbocycles. The standard InChI is InChI=1S/C25H26/c1-24(2,3)19-13-10-17(11-14-19)18-12-15-23-21(16-18)20-8-6-7-9-22(20)25(23,4)5/h6-16H,1-5H3. The lowest BCUT2D eigenvalue weighted by Crippen LogP contribution is -2.14. The summed E-state index contributed by atoms with van der Waals surface area (Å²) in [6, 6.07) is 24.8. The van der Waals surface area contributed by atoms with E-state index in [4.69, 9.17) is 0 Å². The van der Waals surface area contributed by atoms with Crippen molar-refractivity contribution in [3.05, 3.63) is 83.4 Å². The predicted molar refractivity (Wildman–Crippen MR) is 108 cm³/mol. The molecule has 0 bridgehead atoms. The van der Waals surface area contributed by atoms with E-state index in [1.54, 1.807) is 0 Å². The second-order valence-corrected chi connectivity index (χ2v) is 8.76. The van der Waals surface area contributed by atoms with Gasteiger partial charge in [0.15, 0.2) is 0 Å². The highest BCUT2D eigenvalue weighted by Gasteiger charge is 2.34. The lowest BCUT2D eigenvalue weighted by molar-refractivity contribution is 0.590. The van der Waals surface area contributed by atoms with E-state index >= 15 is 0 Å². The highest BCUT2D eigenvalue weighted by atomic mass is 14.4. The first-order valence-corrected chi connectivity index (χ1v) is 9.14. The molecule has 1 aliphatic carbocycles. The Morgan fingerprint density at radius 3 is 1.92 bits per heavy atom. The van der Waals surface area contributed by atoms with Crippen LogP contribution in [0.2, 0.25) is 0 Å². The van der Waals surface area contributed by atoms with Crippen molar-refractivity contribution >= 4 is 0 Å². The molecule has 0 amide bonds. The van der Waals surface area contributed by atoms with Gasteiger partial charge in [-0.05, 0) is 50.4 Å². The van der Waals surface area contributed by atoms with Gasteiger partial charge in [0.1, 0.15) is 0 Å². The Balaban J connectivity index is 1.81. The Bertz CT molecular complexity index is 935. The Morgan fingerprint density at radius 2 is 1.24 bits per heavy atom. The van der Waals surface area contributed by atoms with E-state index in [9.17, 15) is 0 Å². The predicted octanol–water partition coefficient (Wildman–Crippen LogP) is 6.96. The monoisotopic (exact) mass is 326 g/mol. The average molecular weight is 326 g/mol. The van der Waals surface area contributed by atoms with Crippen LogP contribution in [0.4, 0.5) is 0 Å². The molecule has 0 spiro atoms. The summed E-state index contributed by atoms with van der Waals surface area (Å²) in [4.78, 5) is 0. The van der Waals surface area contributed by atoms with Gasteiger partial charge in [-0.2, -0.15) is 0 Å². The third-order valence-corrected chi connectivity index (χ3v) is 5.67. The lowest BCUT2D eigenvalue weighted by Gasteiger charge is -2.21. The van der Waals surface area contributed by atoms with Crippen LogP contribution in [0.25, 0.3) is 22.3 Å². The van der Waals surface area contributed by atoms with Crippen molar-refractivity contribution < 1.29 is 0 Å². The van der Waals surface area contributed by atoms with Crippen molar-refractivity contribution in [2.75, 3.05) is 0 Å². The first-order chi connectivity index (χ1) is 11.8. The fourth-order valence-corrected chi connectivity index (χ4v) is 4.06. The minimum atomic E-state index is 0.0839. The third kappa shape index (κ3) is 2.52. The summed E-state index contributed by atoms with van der Waals surface area (Å²) < 4.78 is 0. The normalized spacial score (nSPS) is 14.9. The van der Waals surface area contributed by atoms with Gasteiger partial charge >= 0.3 is 0 Å². The maximum Gasteiger partial charge on any atom is 0.0158 e. The number of hydrogen-bond acceptors (Lipinski definition) is 0. The largest absolute Gasteiger partial charge is 0.0619 e. The van der Waals surface area contributed by atoms with Crippen LogP contribution in [0.1, 0.15) is 51.3 Å². The van der Waals surface area contributed by atoms with E-state index in [1.807, 2.05) is 0 Å². The van der Waals surface area contributed by atoms with E-state index in [1.165, 1.54) is 38.9 Å². The van der Waals surface area contributed by atoms with Crippen molar-refractivity contribution in [2.24, 2.45) is 0 Å². The second-order valence-electron chi connectivity index (χ2n) is 8.76. The average Bonchev–Trinajstić information content (AvgIpc) is 2.82. The second kappa shape index (κ2) is 5.33. The van der Waals surface area contributed by atoms with Gasteiger partial charge in [0, 0.05) is 5.41 Å². The molecule has 1 aliphatic rings. The highest BCUT2D eigenvalue weighted by Crippen LogP contribution is 2.49. The maximum absolute atomic E-state index is 2.37. The van der Waals surface area contributed by atoms with Crippen molar-refractivity contribution in [2.45, 2.75) is 45.4 Å². The smallest absolute Gasteiger partial charge is 0.0158 e. The number of hydrogen-bond donors (Lipinski definition) is 0. The zero-order chi connectivity index (χ0) is 17.8. The Kier molecular flexibility index (Phi) is 3.44. The quantitative estimate of drug-likeness (QED) is 0.453. The molecule has 0 aromatic heterocycles. The number of benzene rings is 3. The molecule has 0 heterocycles. The third-order valence-electron chi connectivity index (χ3n) is 5.67. The zero-order valence-corrected chi connectivity index (χ0v) is 15.9. The van der Waals surface area contributed by atoms with Crippen molar-refractivity contribution in [1.29, 1.82) is 0 Å². The zero-order valence-electron chi connectivity index (χ0n) is 15.9. The van der Waals surface area contributed by atoms with Crippen LogP contribution in [-0.4, -0.2) is 0 Å². The van der Waals surface area contributed by atoms with Crippen LogP contribution >= 0.6 is 0 Å². The van der Waals surface area contributed by atoms with Crippen molar-refractivity contribution in [1.82, 2.24) is 0 Å². The molecule has 0 radical (unpaired) electrons. The Labute approximate surface area is 151 Å². The van der Waals surface area contributed by atoms with E-state index in [-0.39, 0.29) is 10.8 Å². The molecule has 0 saturated heterocycles. The van der Waals surface area contributed by atoms with E-state index in [0.717, 1.165) is 0 Å². The van der Waals surface area contributed by atoms with Crippen LogP contribution in [-0.2, 0) is 10.8 Å². The molecule has 0 N–H and O–H groups in total. The molecule has 25 heavy (non-hydrogen) atoms. The molecule has 0 heteroatoms. The van der Waals surface area contributed by atoms with Crippen LogP contribution in [0.3, 0.4) is 0 Å². The van der Waals surface area contributed by atoms with Gasteiger partial charge in [-0.1, -0.05) is 95.3 Å². The first kappa shape index (κ1) is 16.1. The molecule has 0 fully saturated rings. The molecule has 0 nitrogen and oxygen atoms in total. The summed E-state index contributed by atoms with van der Waals surface area (Å²) in [5.41, 5.74) is 9.89. The topological polar surface area (TPSA) is 0 Å². The molecule has 0 unspecified atom stereocenters. The molecular weight excluding hydrogens is 300 g/mol. The summed E-state index contributed by atoms with van der Waals surface area (Å²) in [7, 11) is 0. The maximum atomic E-state index is 2.37. The molecule has 0 atom stereocenters. The van der Waals surface area contributed by atoms with Crippen LogP contribution in [0.15, 0.2) is 66.7 Å².